The van der Waals surface area contributed by atoms with Gasteiger partial charge in [0.1, 0.15) is 11.3 Å². The number of aromatic nitrogens is 2. The highest BCUT2D eigenvalue weighted by atomic mass is 16.5. The molecule has 0 aliphatic heterocycles. The second kappa shape index (κ2) is 6.40. The molecule has 0 spiro atoms. The van der Waals surface area contributed by atoms with Gasteiger partial charge in [0, 0.05) is 13.7 Å². The van der Waals surface area contributed by atoms with Crippen LogP contribution in [0.5, 0.6) is 5.75 Å². The standard InChI is InChI=1S/C13H19N3O3/c1-17-8-9-19-7-6-16-10-4-3-5-11(18-2)12(10)15-13(16)14/h3-5H,6-9H2,1-2H3,(H2,14,15). The van der Waals surface area contributed by atoms with Crippen molar-refractivity contribution < 1.29 is 14.2 Å². The SMILES string of the molecule is COCCOCCn1c(N)nc2c(OC)cccc21. The summed E-state index contributed by atoms with van der Waals surface area (Å²) in [6.07, 6.45) is 0. The third kappa shape index (κ3) is 2.97. The number of nitrogen functional groups attached to an aromatic ring is 1. The summed E-state index contributed by atoms with van der Waals surface area (Å²) in [5.41, 5.74) is 7.66. The molecule has 6 heteroatoms. The Hall–Kier alpha value is -1.79. The summed E-state index contributed by atoms with van der Waals surface area (Å²) >= 11 is 0. The van der Waals surface area contributed by atoms with Gasteiger partial charge in [-0.25, -0.2) is 4.98 Å². The van der Waals surface area contributed by atoms with Gasteiger partial charge in [-0.05, 0) is 12.1 Å². The molecule has 6 nitrogen and oxygen atoms in total. The largest absolute Gasteiger partial charge is 0.494 e. The Morgan fingerprint density at radius 2 is 2.05 bits per heavy atom. The van der Waals surface area contributed by atoms with Crippen molar-refractivity contribution in [1.29, 1.82) is 0 Å². The number of imidazole rings is 1. The number of nitrogens with two attached hydrogens (primary N) is 1. The van der Waals surface area contributed by atoms with E-state index < -0.39 is 0 Å². The lowest BCUT2D eigenvalue weighted by Crippen LogP contribution is -2.11. The monoisotopic (exact) mass is 265 g/mol. The number of anilines is 1. The van der Waals surface area contributed by atoms with Gasteiger partial charge in [-0.2, -0.15) is 0 Å². The number of benzene rings is 1. The Bertz CT molecular complexity index is 539. The zero-order chi connectivity index (χ0) is 13.7. The average molecular weight is 265 g/mol. The molecule has 2 N–H and O–H groups in total. The third-order valence-corrected chi connectivity index (χ3v) is 2.88. The predicted molar refractivity (Wildman–Crippen MR) is 73.4 cm³/mol. The van der Waals surface area contributed by atoms with E-state index in [4.69, 9.17) is 19.9 Å². The molecular weight excluding hydrogens is 246 g/mol. The first kappa shape index (κ1) is 13.6. The van der Waals surface area contributed by atoms with E-state index in [0.29, 0.717) is 32.3 Å². The maximum Gasteiger partial charge on any atom is 0.201 e. The maximum absolute atomic E-state index is 5.93. The van der Waals surface area contributed by atoms with Crippen LogP contribution in [0, 0.1) is 0 Å². The number of hydrogen-bond donors (Lipinski definition) is 1. The molecule has 19 heavy (non-hydrogen) atoms. The van der Waals surface area contributed by atoms with Gasteiger partial charge < -0.3 is 24.5 Å². The van der Waals surface area contributed by atoms with Gasteiger partial charge in [0.05, 0.1) is 32.4 Å². The van der Waals surface area contributed by atoms with Crippen molar-refractivity contribution in [2.75, 3.05) is 39.8 Å². The highest BCUT2D eigenvalue weighted by Crippen LogP contribution is 2.26. The topological polar surface area (TPSA) is 71.5 Å². The lowest BCUT2D eigenvalue weighted by molar-refractivity contribution is 0.0671. The molecule has 0 atom stereocenters. The molecule has 0 aliphatic rings. The first-order valence-electron chi connectivity index (χ1n) is 6.13. The molecule has 0 radical (unpaired) electrons. The summed E-state index contributed by atoms with van der Waals surface area (Å²) in [6, 6.07) is 5.76. The minimum atomic E-state index is 0.467. The number of ether oxygens (including phenoxy) is 3. The quantitative estimate of drug-likeness (QED) is 0.764. The first-order valence-corrected chi connectivity index (χ1v) is 6.13. The van der Waals surface area contributed by atoms with E-state index >= 15 is 0 Å². The Kier molecular flexibility index (Phi) is 4.59. The molecule has 0 saturated carbocycles. The number of rotatable bonds is 7. The Balaban J connectivity index is 2.12. The van der Waals surface area contributed by atoms with Gasteiger partial charge in [-0.3, -0.25) is 0 Å². The van der Waals surface area contributed by atoms with Crippen LogP contribution in [0.1, 0.15) is 0 Å². The molecular formula is C13H19N3O3. The summed E-state index contributed by atoms with van der Waals surface area (Å²) < 4.78 is 17.6. The summed E-state index contributed by atoms with van der Waals surface area (Å²) in [5, 5.41) is 0. The van der Waals surface area contributed by atoms with Crippen molar-refractivity contribution in [3.05, 3.63) is 18.2 Å². The lowest BCUT2D eigenvalue weighted by Gasteiger charge is -2.07. The van der Waals surface area contributed by atoms with Gasteiger partial charge in [-0.15, -0.1) is 0 Å². The molecule has 1 heterocycles. The predicted octanol–water partition coefficient (Wildman–Crippen LogP) is 1.29. The van der Waals surface area contributed by atoms with Gasteiger partial charge in [0.15, 0.2) is 0 Å². The Morgan fingerprint density at radius 1 is 1.21 bits per heavy atom. The Morgan fingerprint density at radius 3 is 2.79 bits per heavy atom. The van der Waals surface area contributed by atoms with Crippen LogP contribution in [-0.2, 0) is 16.0 Å². The molecule has 0 aliphatic carbocycles. The van der Waals surface area contributed by atoms with E-state index in [0.717, 1.165) is 16.8 Å². The maximum atomic E-state index is 5.93. The molecule has 0 unspecified atom stereocenters. The van der Waals surface area contributed by atoms with E-state index in [1.165, 1.54) is 0 Å². The fourth-order valence-corrected chi connectivity index (χ4v) is 1.94. The number of para-hydroxylation sites is 1. The molecule has 0 amide bonds. The summed E-state index contributed by atoms with van der Waals surface area (Å²) in [5.74, 6) is 1.19. The van der Waals surface area contributed by atoms with Crippen molar-refractivity contribution in [3.8, 4) is 5.75 Å². The molecule has 0 saturated heterocycles. The number of nitrogens with zero attached hydrogens (tertiary/aromatic N) is 2. The van der Waals surface area contributed by atoms with E-state index in [-0.39, 0.29) is 0 Å². The molecule has 0 bridgehead atoms. The van der Waals surface area contributed by atoms with Crippen LogP contribution in [0.25, 0.3) is 11.0 Å². The smallest absolute Gasteiger partial charge is 0.201 e. The molecule has 1 aromatic carbocycles. The minimum Gasteiger partial charge on any atom is -0.494 e. The second-order valence-electron chi connectivity index (χ2n) is 4.05. The third-order valence-electron chi connectivity index (χ3n) is 2.88. The van der Waals surface area contributed by atoms with Crippen molar-refractivity contribution in [2.24, 2.45) is 0 Å². The van der Waals surface area contributed by atoms with Crippen LogP contribution in [0.3, 0.4) is 0 Å². The summed E-state index contributed by atoms with van der Waals surface area (Å²) in [6.45, 7) is 2.38. The summed E-state index contributed by atoms with van der Waals surface area (Å²) in [4.78, 5) is 4.33. The van der Waals surface area contributed by atoms with Gasteiger partial charge in [-0.1, -0.05) is 6.07 Å². The van der Waals surface area contributed by atoms with Gasteiger partial charge in [0.25, 0.3) is 0 Å². The van der Waals surface area contributed by atoms with Crippen LogP contribution >= 0.6 is 0 Å². The molecule has 0 fully saturated rings. The van der Waals surface area contributed by atoms with Crippen molar-refractivity contribution in [1.82, 2.24) is 9.55 Å². The van der Waals surface area contributed by atoms with Crippen LogP contribution < -0.4 is 10.5 Å². The first-order chi connectivity index (χ1) is 9.27. The number of fused-ring (bicyclic) bond motifs is 1. The van der Waals surface area contributed by atoms with Crippen LogP contribution in [0.15, 0.2) is 18.2 Å². The highest BCUT2D eigenvalue weighted by Gasteiger charge is 2.11. The van der Waals surface area contributed by atoms with E-state index in [9.17, 15) is 0 Å². The molecule has 1 aromatic heterocycles. The van der Waals surface area contributed by atoms with Crippen molar-refractivity contribution in [3.63, 3.8) is 0 Å². The average Bonchev–Trinajstić information content (AvgIpc) is 2.74. The molecule has 2 rings (SSSR count). The zero-order valence-corrected chi connectivity index (χ0v) is 11.3. The lowest BCUT2D eigenvalue weighted by atomic mass is 10.3. The van der Waals surface area contributed by atoms with E-state index in [2.05, 4.69) is 4.98 Å². The fraction of sp³-hybridized carbons (Fsp3) is 0.462. The van der Waals surface area contributed by atoms with E-state index in [1.807, 2.05) is 22.8 Å². The number of methoxy groups -OCH3 is 2. The number of hydrogen-bond acceptors (Lipinski definition) is 5. The zero-order valence-electron chi connectivity index (χ0n) is 11.3. The fourth-order valence-electron chi connectivity index (χ4n) is 1.94. The van der Waals surface area contributed by atoms with Crippen molar-refractivity contribution in [2.45, 2.75) is 6.54 Å². The van der Waals surface area contributed by atoms with Crippen LogP contribution in [-0.4, -0.2) is 43.6 Å². The van der Waals surface area contributed by atoms with Crippen molar-refractivity contribution >= 4 is 17.0 Å². The molecule has 104 valence electrons. The highest BCUT2D eigenvalue weighted by molar-refractivity contribution is 5.84. The van der Waals surface area contributed by atoms with Gasteiger partial charge in [0.2, 0.25) is 5.95 Å². The van der Waals surface area contributed by atoms with Crippen LogP contribution in [0.4, 0.5) is 5.95 Å². The van der Waals surface area contributed by atoms with E-state index in [1.54, 1.807) is 14.2 Å². The summed E-state index contributed by atoms with van der Waals surface area (Å²) in [7, 11) is 3.27. The second-order valence-corrected chi connectivity index (χ2v) is 4.05. The van der Waals surface area contributed by atoms with Gasteiger partial charge >= 0.3 is 0 Å². The van der Waals surface area contributed by atoms with Crippen LogP contribution in [0.2, 0.25) is 0 Å². The normalized spacial score (nSPS) is 11.1. The minimum absolute atomic E-state index is 0.467. The Labute approximate surface area is 112 Å². The molecule has 2 aromatic rings.